The van der Waals surface area contributed by atoms with Crippen molar-refractivity contribution >= 4 is 0 Å². The zero-order valence-electron chi connectivity index (χ0n) is 11.5. The summed E-state index contributed by atoms with van der Waals surface area (Å²) in [6.07, 6.45) is 6.71. The molecule has 1 aromatic rings. The van der Waals surface area contributed by atoms with Gasteiger partial charge in [-0.15, -0.1) is 0 Å². The molecule has 1 saturated heterocycles. The number of aryl methyl sites for hydroxylation is 1. The van der Waals surface area contributed by atoms with Crippen molar-refractivity contribution < 1.29 is 4.74 Å². The predicted octanol–water partition coefficient (Wildman–Crippen LogP) is 3.64. The van der Waals surface area contributed by atoms with Crippen molar-refractivity contribution in [3.8, 4) is 5.75 Å². The van der Waals surface area contributed by atoms with Crippen molar-refractivity contribution in [2.75, 3.05) is 26.2 Å². The van der Waals surface area contributed by atoms with Crippen molar-refractivity contribution in [3.05, 3.63) is 29.8 Å². The van der Waals surface area contributed by atoms with Gasteiger partial charge < -0.3 is 9.64 Å². The smallest absolute Gasteiger partial charge is 0.119 e. The lowest BCUT2D eigenvalue weighted by Gasteiger charge is -2.19. The second-order valence-corrected chi connectivity index (χ2v) is 5.27. The molecule has 2 heteroatoms. The monoisotopic (exact) mass is 247 g/mol. The fourth-order valence-corrected chi connectivity index (χ4v) is 2.47. The lowest BCUT2D eigenvalue weighted by atomic mass is 10.2. The van der Waals surface area contributed by atoms with Crippen LogP contribution in [0.1, 0.15) is 37.7 Å². The van der Waals surface area contributed by atoms with E-state index in [4.69, 9.17) is 4.74 Å². The average Bonchev–Trinajstić information content (AvgIpc) is 2.65. The molecule has 1 heterocycles. The lowest BCUT2D eigenvalue weighted by Crippen LogP contribution is -2.26. The van der Waals surface area contributed by atoms with Gasteiger partial charge in [0.1, 0.15) is 5.75 Å². The molecule has 0 bridgehead atoms. The highest BCUT2D eigenvalue weighted by atomic mass is 16.5. The standard InChI is InChI=1S/C16H25NO/c1-15-7-9-16(10-8-15)18-14-6-13-17-11-4-2-3-5-12-17/h7-10H,2-6,11-14H2,1H3. The Hall–Kier alpha value is -1.02. The van der Waals surface area contributed by atoms with Gasteiger partial charge in [0.05, 0.1) is 6.61 Å². The van der Waals surface area contributed by atoms with E-state index in [1.165, 1.54) is 50.9 Å². The number of nitrogens with zero attached hydrogens (tertiary/aromatic N) is 1. The van der Waals surface area contributed by atoms with Gasteiger partial charge in [0.2, 0.25) is 0 Å². The summed E-state index contributed by atoms with van der Waals surface area (Å²) in [4.78, 5) is 2.59. The van der Waals surface area contributed by atoms with Gasteiger partial charge in [-0.3, -0.25) is 0 Å². The molecule has 1 aliphatic heterocycles. The first-order valence-electron chi connectivity index (χ1n) is 7.26. The minimum atomic E-state index is 0.833. The van der Waals surface area contributed by atoms with Crippen LogP contribution in [-0.4, -0.2) is 31.1 Å². The molecule has 0 saturated carbocycles. The van der Waals surface area contributed by atoms with E-state index in [2.05, 4.69) is 36.1 Å². The maximum absolute atomic E-state index is 5.76. The second kappa shape index (κ2) is 7.42. The van der Waals surface area contributed by atoms with Gasteiger partial charge in [0.15, 0.2) is 0 Å². The van der Waals surface area contributed by atoms with E-state index in [1.54, 1.807) is 0 Å². The Morgan fingerprint density at radius 3 is 2.33 bits per heavy atom. The summed E-state index contributed by atoms with van der Waals surface area (Å²) in [5.74, 6) is 0.997. The quantitative estimate of drug-likeness (QED) is 0.737. The van der Waals surface area contributed by atoms with Gasteiger partial charge in [0.25, 0.3) is 0 Å². The summed E-state index contributed by atoms with van der Waals surface area (Å²) < 4.78 is 5.76. The Morgan fingerprint density at radius 2 is 1.67 bits per heavy atom. The van der Waals surface area contributed by atoms with Crippen LogP contribution in [0.3, 0.4) is 0 Å². The number of hydrogen-bond acceptors (Lipinski definition) is 2. The first-order chi connectivity index (χ1) is 8.84. The number of likely N-dealkylation sites (tertiary alicyclic amines) is 1. The highest BCUT2D eigenvalue weighted by Gasteiger charge is 2.07. The number of rotatable bonds is 5. The van der Waals surface area contributed by atoms with Gasteiger partial charge in [-0.2, -0.15) is 0 Å². The molecule has 0 atom stereocenters. The summed E-state index contributed by atoms with van der Waals surface area (Å²) in [6.45, 7) is 6.68. The average molecular weight is 247 g/mol. The van der Waals surface area contributed by atoms with Crippen LogP contribution < -0.4 is 4.74 Å². The largest absolute Gasteiger partial charge is 0.494 e. The Balaban J connectivity index is 1.61. The van der Waals surface area contributed by atoms with E-state index in [0.29, 0.717) is 0 Å². The van der Waals surface area contributed by atoms with Gasteiger partial charge in [-0.05, 0) is 51.4 Å². The van der Waals surface area contributed by atoms with E-state index in [1.807, 2.05) is 0 Å². The molecule has 1 aromatic carbocycles. The van der Waals surface area contributed by atoms with E-state index >= 15 is 0 Å². The molecule has 18 heavy (non-hydrogen) atoms. The number of hydrogen-bond donors (Lipinski definition) is 0. The topological polar surface area (TPSA) is 12.5 Å². The van der Waals surface area contributed by atoms with Crippen molar-refractivity contribution in [2.24, 2.45) is 0 Å². The lowest BCUT2D eigenvalue weighted by molar-refractivity contribution is 0.240. The maximum atomic E-state index is 5.76. The zero-order valence-corrected chi connectivity index (χ0v) is 11.5. The SMILES string of the molecule is Cc1ccc(OCCCN2CCCCCC2)cc1. The highest BCUT2D eigenvalue weighted by Crippen LogP contribution is 2.12. The molecule has 0 radical (unpaired) electrons. The van der Waals surface area contributed by atoms with Crippen molar-refractivity contribution in [1.29, 1.82) is 0 Å². The first-order valence-corrected chi connectivity index (χ1v) is 7.26. The van der Waals surface area contributed by atoms with Crippen LogP contribution in [0.4, 0.5) is 0 Å². The summed E-state index contributed by atoms with van der Waals surface area (Å²) in [7, 11) is 0. The Labute approximate surface area is 111 Å². The molecular weight excluding hydrogens is 222 g/mol. The van der Waals surface area contributed by atoms with Crippen molar-refractivity contribution in [1.82, 2.24) is 4.90 Å². The van der Waals surface area contributed by atoms with Crippen molar-refractivity contribution in [3.63, 3.8) is 0 Å². The summed E-state index contributed by atoms with van der Waals surface area (Å²) >= 11 is 0. The molecule has 0 aromatic heterocycles. The molecule has 0 spiro atoms. The molecular formula is C16H25NO. The first kappa shape index (κ1) is 13.4. The molecule has 0 aliphatic carbocycles. The zero-order chi connectivity index (χ0) is 12.6. The normalized spacial score (nSPS) is 17.4. The predicted molar refractivity (Wildman–Crippen MR) is 76.2 cm³/mol. The Kier molecular flexibility index (Phi) is 5.53. The van der Waals surface area contributed by atoms with Crippen molar-refractivity contribution in [2.45, 2.75) is 39.0 Å². The van der Waals surface area contributed by atoms with E-state index in [0.717, 1.165) is 18.8 Å². The molecule has 0 unspecified atom stereocenters. The molecule has 0 amide bonds. The van der Waals surface area contributed by atoms with Crippen LogP contribution >= 0.6 is 0 Å². The third-order valence-corrected chi connectivity index (χ3v) is 3.61. The Morgan fingerprint density at radius 1 is 1.00 bits per heavy atom. The molecule has 1 aliphatic rings. The molecule has 2 rings (SSSR count). The number of ether oxygens (including phenoxy) is 1. The second-order valence-electron chi connectivity index (χ2n) is 5.27. The van der Waals surface area contributed by atoms with Crippen LogP contribution in [-0.2, 0) is 0 Å². The third-order valence-electron chi connectivity index (χ3n) is 3.61. The van der Waals surface area contributed by atoms with E-state index in [9.17, 15) is 0 Å². The highest BCUT2D eigenvalue weighted by molar-refractivity contribution is 5.26. The van der Waals surface area contributed by atoms with E-state index < -0.39 is 0 Å². The Bertz CT molecular complexity index is 325. The van der Waals surface area contributed by atoms with Crippen LogP contribution in [0.25, 0.3) is 0 Å². The minimum absolute atomic E-state index is 0.833. The van der Waals surface area contributed by atoms with Gasteiger partial charge in [-0.1, -0.05) is 30.5 Å². The minimum Gasteiger partial charge on any atom is -0.494 e. The summed E-state index contributed by atoms with van der Waals surface area (Å²) in [5.41, 5.74) is 1.28. The molecule has 1 fully saturated rings. The fourth-order valence-electron chi connectivity index (χ4n) is 2.47. The summed E-state index contributed by atoms with van der Waals surface area (Å²) in [6, 6.07) is 8.32. The van der Waals surface area contributed by atoms with E-state index in [-0.39, 0.29) is 0 Å². The van der Waals surface area contributed by atoms with Gasteiger partial charge in [-0.25, -0.2) is 0 Å². The van der Waals surface area contributed by atoms with Gasteiger partial charge in [0, 0.05) is 6.54 Å². The third kappa shape index (κ3) is 4.69. The maximum Gasteiger partial charge on any atom is 0.119 e. The van der Waals surface area contributed by atoms with Crippen LogP contribution in [0.15, 0.2) is 24.3 Å². The molecule has 100 valence electrons. The fraction of sp³-hybridized carbons (Fsp3) is 0.625. The van der Waals surface area contributed by atoms with Crippen LogP contribution in [0.5, 0.6) is 5.75 Å². The van der Waals surface area contributed by atoms with Gasteiger partial charge >= 0.3 is 0 Å². The van der Waals surface area contributed by atoms with Crippen LogP contribution in [0.2, 0.25) is 0 Å². The summed E-state index contributed by atoms with van der Waals surface area (Å²) in [5, 5.41) is 0. The van der Waals surface area contributed by atoms with Crippen LogP contribution in [0, 0.1) is 6.92 Å². The molecule has 0 N–H and O–H groups in total. The molecule has 2 nitrogen and oxygen atoms in total. The number of benzene rings is 1.